The smallest absolute Gasteiger partial charge is 0.176 e. The van der Waals surface area contributed by atoms with Gasteiger partial charge in [0.1, 0.15) is 0 Å². The van der Waals surface area contributed by atoms with E-state index in [1.165, 1.54) is 4.80 Å². The average Bonchev–Trinajstić information content (AvgIpc) is 2.80. The van der Waals surface area contributed by atoms with Crippen LogP contribution in [0.15, 0.2) is 0 Å². The summed E-state index contributed by atoms with van der Waals surface area (Å²) in [6.07, 6.45) is 2.77. The van der Waals surface area contributed by atoms with Crippen LogP contribution < -0.4 is 5.32 Å². The van der Waals surface area contributed by atoms with Crippen LogP contribution in [0.2, 0.25) is 0 Å². The van der Waals surface area contributed by atoms with Gasteiger partial charge in [0, 0.05) is 19.1 Å². The van der Waals surface area contributed by atoms with Crippen molar-refractivity contribution in [3.05, 3.63) is 5.82 Å². The first-order chi connectivity index (χ1) is 9.05. The summed E-state index contributed by atoms with van der Waals surface area (Å²) >= 11 is 0. The van der Waals surface area contributed by atoms with Crippen molar-refractivity contribution in [3.8, 4) is 0 Å². The van der Waals surface area contributed by atoms with Crippen molar-refractivity contribution in [2.75, 3.05) is 13.2 Å². The van der Waals surface area contributed by atoms with Crippen LogP contribution in [0, 0.1) is 0 Å². The number of rotatable bonds is 9. The van der Waals surface area contributed by atoms with E-state index < -0.39 is 0 Å². The van der Waals surface area contributed by atoms with Crippen LogP contribution in [-0.4, -0.2) is 45.0 Å². The van der Waals surface area contributed by atoms with E-state index >= 15 is 0 Å². The lowest BCUT2D eigenvalue weighted by molar-refractivity contribution is -0.0553. The Balaban J connectivity index is 2.80. The number of aryl methyl sites for hydroxylation is 1. The Morgan fingerprint density at radius 2 is 2.11 bits per heavy atom. The molecule has 110 valence electrons. The van der Waals surface area contributed by atoms with Crippen molar-refractivity contribution in [3.63, 3.8) is 0 Å². The maximum Gasteiger partial charge on any atom is 0.176 e. The zero-order valence-corrected chi connectivity index (χ0v) is 12.8. The molecule has 0 bridgehead atoms. The van der Waals surface area contributed by atoms with Gasteiger partial charge in [-0.15, -0.1) is 10.2 Å². The maximum absolute atomic E-state index is 5.97. The minimum absolute atomic E-state index is 0.196. The minimum atomic E-state index is -0.205. The van der Waals surface area contributed by atoms with Gasteiger partial charge in [0.05, 0.1) is 12.6 Å². The molecular weight excluding hydrogens is 242 g/mol. The van der Waals surface area contributed by atoms with Gasteiger partial charge in [-0.3, -0.25) is 0 Å². The molecule has 0 saturated heterocycles. The Kier molecular flexibility index (Phi) is 6.37. The molecule has 19 heavy (non-hydrogen) atoms. The van der Waals surface area contributed by atoms with E-state index in [2.05, 4.69) is 41.5 Å². The van der Waals surface area contributed by atoms with Gasteiger partial charge in [-0.1, -0.05) is 13.8 Å². The van der Waals surface area contributed by atoms with Crippen molar-refractivity contribution >= 4 is 0 Å². The molecule has 1 aromatic rings. The van der Waals surface area contributed by atoms with Crippen molar-refractivity contribution in [1.82, 2.24) is 25.5 Å². The summed E-state index contributed by atoms with van der Waals surface area (Å²) in [4.78, 5) is 1.50. The first-order valence-corrected chi connectivity index (χ1v) is 7.15. The van der Waals surface area contributed by atoms with Gasteiger partial charge in [0.25, 0.3) is 0 Å². The van der Waals surface area contributed by atoms with Crippen LogP contribution in [-0.2, 0) is 18.2 Å². The van der Waals surface area contributed by atoms with Crippen molar-refractivity contribution in [2.45, 2.75) is 58.6 Å². The Bertz CT molecular complexity index is 368. The van der Waals surface area contributed by atoms with Gasteiger partial charge in [0.2, 0.25) is 0 Å². The number of hydrogen-bond acceptors (Lipinski definition) is 5. The van der Waals surface area contributed by atoms with E-state index in [0.29, 0.717) is 6.61 Å². The Hall–Kier alpha value is -1.01. The van der Waals surface area contributed by atoms with Gasteiger partial charge in [-0.25, -0.2) is 0 Å². The molecule has 2 atom stereocenters. The number of hydrogen-bond donors (Lipinski definition) is 1. The fourth-order valence-corrected chi connectivity index (χ4v) is 2.19. The van der Waals surface area contributed by atoms with E-state index in [1.807, 2.05) is 6.92 Å². The number of aromatic nitrogens is 4. The van der Waals surface area contributed by atoms with Crippen LogP contribution in [0.25, 0.3) is 0 Å². The first-order valence-electron chi connectivity index (χ1n) is 7.15. The van der Waals surface area contributed by atoms with Gasteiger partial charge in [-0.2, -0.15) is 4.80 Å². The van der Waals surface area contributed by atoms with Gasteiger partial charge in [-0.05, 0) is 38.4 Å². The first kappa shape index (κ1) is 16.0. The van der Waals surface area contributed by atoms with Gasteiger partial charge >= 0.3 is 0 Å². The summed E-state index contributed by atoms with van der Waals surface area (Å²) in [7, 11) is 1.78. The summed E-state index contributed by atoms with van der Waals surface area (Å²) < 4.78 is 5.97. The van der Waals surface area contributed by atoms with Crippen LogP contribution in [0.5, 0.6) is 0 Å². The van der Waals surface area contributed by atoms with Crippen LogP contribution >= 0.6 is 0 Å². The molecule has 1 heterocycles. The molecule has 0 aliphatic rings. The topological polar surface area (TPSA) is 64.9 Å². The molecule has 1 rings (SSSR count). The summed E-state index contributed by atoms with van der Waals surface area (Å²) in [6, 6.07) is 0.196. The molecule has 0 aromatic carbocycles. The van der Waals surface area contributed by atoms with Gasteiger partial charge in [0.15, 0.2) is 5.82 Å². The number of ether oxygens (including phenoxy) is 1. The lowest BCUT2D eigenvalue weighted by Gasteiger charge is -2.37. The van der Waals surface area contributed by atoms with Gasteiger partial charge < -0.3 is 10.1 Å². The van der Waals surface area contributed by atoms with E-state index in [4.69, 9.17) is 4.74 Å². The highest BCUT2D eigenvalue weighted by molar-refractivity contribution is 4.95. The van der Waals surface area contributed by atoms with E-state index in [-0.39, 0.29) is 11.6 Å². The van der Waals surface area contributed by atoms with E-state index in [1.54, 1.807) is 7.05 Å². The number of tetrazole rings is 1. The quantitative estimate of drug-likeness (QED) is 0.732. The summed E-state index contributed by atoms with van der Waals surface area (Å²) in [5.74, 6) is 0.760. The molecule has 0 radical (unpaired) electrons. The van der Waals surface area contributed by atoms with E-state index in [9.17, 15) is 0 Å². The number of nitrogens with one attached hydrogen (secondary N) is 1. The third-order valence-electron chi connectivity index (χ3n) is 3.49. The summed E-state index contributed by atoms with van der Waals surface area (Å²) in [5, 5.41) is 15.8. The fraction of sp³-hybridized carbons (Fsp3) is 0.923. The predicted octanol–water partition coefficient (Wildman–Crippen LogP) is 1.33. The largest absolute Gasteiger partial charge is 0.374 e. The second kappa shape index (κ2) is 7.55. The second-order valence-electron chi connectivity index (χ2n) is 5.01. The molecule has 0 aliphatic heterocycles. The standard InChI is InChI=1S/C13H27N5O/c1-6-9-14-11(13(4,7-2)19-8-3)10-12-15-17-18(5)16-12/h11,14H,6-10H2,1-5H3. The predicted molar refractivity (Wildman–Crippen MR) is 74.9 cm³/mol. The third-order valence-corrected chi connectivity index (χ3v) is 3.49. The Morgan fingerprint density at radius 3 is 2.58 bits per heavy atom. The molecule has 0 aliphatic carbocycles. The maximum atomic E-state index is 5.97. The molecule has 1 N–H and O–H groups in total. The second-order valence-corrected chi connectivity index (χ2v) is 5.01. The van der Waals surface area contributed by atoms with Crippen molar-refractivity contribution in [2.24, 2.45) is 7.05 Å². The van der Waals surface area contributed by atoms with E-state index in [0.717, 1.165) is 31.6 Å². The van der Waals surface area contributed by atoms with Crippen LogP contribution in [0.3, 0.4) is 0 Å². The molecule has 0 fully saturated rings. The third kappa shape index (κ3) is 4.54. The zero-order chi connectivity index (χ0) is 14.3. The highest BCUT2D eigenvalue weighted by atomic mass is 16.5. The Labute approximate surface area is 115 Å². The molecule has 2 unspecified atom stereocenters. The molecule has 6 nitrogen and oxygen atoms in total. The monoisotopic (exact) mass is 269 g/mol. The highest BCUT2D eigenvalue weighted by Gasteiger charge is 2.33. The summed E-state index contributed by atoms with van der Waals surface area (Å²) in [5.41, 5.74) is -0.205. The molecule has 0 spiro atoms. The van der Waals surface area contributed by atoms with Crippen molar-refractivity contribution < 1.29 is 4.74 Å². The SMILES string of the molecule is CCCNC(Cc1nnn(C)n1)C(C)(CC)OCC. The minimum Gasteiger partial charge on any atom is -0.374 e. The molecule has 1 aromatic heterocycles. The number of nitrogens with zero attached hydrogens (tertiary/aromatic N) is 4. The Morgan fingerprint density at radius 1 is 1.37 bits per heavy atom. The van der Waals surface area contributed by atoms with Crippen LogP contribution in [0.4, 0.5) is 0 Å². The molecule has 6 heteroatoms. The molecule has 0 amide bonds. The molecule has 0 saturated carbocycles. The molecular formula is C13H27N5O. The highest BCUT2D eigenvalue weighted by Crippen LogP contribution is 2.22. The van der Waals surface area contributed by atoms with Crippen molar-refractivity contribution in [1.29, 1.82) is 0 Å². The summed E-state index contributed by atoms with van der Waals surface area (Å²) in [6.45, 7) is 10.2. The zero-order valence-electron chi connectivity index (χ0n) is 12.8. The normalized spacial score (nSPS) is 16.3. The lowest BCUT2D eigenvalue weighted by atomic mass is 9.90. The average molecular weight is 269 g/mol. The lowest BCUT2D eigenvalue weighted by Crippen LogP contribution is -2.52. The van der Waals surface area contributed by atoms with Crippen LogP contribution in [0.1, 0.15) is 46.4 Å². The fourth-order valence-electron chi connectivity index (χ4n) is 2.19.